The Morgan fingerprint density at radius 2 is 2.24 bits per heavy atom. The van der Waals surface area contributed by atoms with Gasteiger partial charge in [-0.2, -0.15) is 5.10 Å². The number of amides is 1. The number of primary amides is 1. The Morgan fingerprint density at radius 3 is 2.82 bits per heavy atom. The molecule has 17 heavy (non-hydrogen) atoms. The van der Waals surface area contributed by atoms with Crippen LogP contribution in [0.15, 0.2) is 6.20 Å². The lowest BCUT2D eigenvalue weighted by Gasteiger charge is -2.02. The molecule has 6 heteroatoms. The quantitative estimate of drug-likeness (QED) is 0.702. The molecule has 0 fully saturated rings. The third kappa shape index (κ3) is 4.76. The van der Waals surface area contributed by atoms with Gasteiger partial charge >= 0.3 is 6.09 Å². The summed E-state index contributed by atoms with van der Waals surface area (Å²) in [7, 11) is 0. The van der Waals surface area contributed by atoms with Gasteiger partial charge in [0.2, 0.25) is 0 Å². The van der Waals surface area contributed by atoms with Gasteiger partial charge in [-0.1, -0.05) is 6.92 Å². The largest absolute Gasteiger partial charge is 0.450 e. The van der Waals surface area contributed by atoms with E-state index < -0.39 is 6.09 Å². The predicted octanol–water partition coefficient (Wildman–Crippen LogP) is 1.29. The van der Waals surface area contributed by atoms with Gasteiger partial charge in [-0.3, -0.25) is 4.68 Å². The molecule has 0 saturated carbocycles. The average molecular weight is 240 g/mol. The fourth-order valence-corrected chi connectivity index (χ4v) is 1.59. The Kier molecular flexibility index (Phi) is 5.32. The second-order valence-electron chi connectivity index (χ2n) is 3.88. The van der Waals surface area contributed by atoms with Gasteiger partial charge in [-0.25, -0.2) is 4.79 Å². The summed E-state index contributed by atoms with van der Waals surface area (Å²) in [5.74, 6) is 0. The highest BCUT2D eigenvalue weighted by Crippen LogP contribution is 2.10. The number of anilines is 1. The topological polar surface area (TPSA) is 96.2 Å². The number of ether oxygens (including phenoxy) is 1. The highest BCUT2D eigenvalue weighted by molar-refractivity contribution is 5.64. The van der Waals surface area contributed by atoms with Crippen molar-refractivity contribution in [1.29, 1.82) is 0 Å². The van der Waals surface area contributed by atoms with Crippen LogP contribution in [-0.2, 0) is 17.7 Å². The SMILES string of the molecule is CCc1nn(CCCCCOC(N)=O)cc1N. The number of aryl methyl sites for hydroxylation is 2. The number of aromatic nitrogens is 2. The number of carbonyl (C=O) groups excluding carboxylic acids is 1. The minimum absolute atomic E-state index is 0.386. The van der Waals surface area contributed by atoms with Crippen molar-refractivity contribution in [2.24, 2.45) is 5.73 Å². The Bertz CT molecular complexity index is 362. The summed E-state index contributed by atoms with van der Waals surface area (Å²) >= 11 is 0. The summed E-state index contributed by atoms with van der Waals surface area (Å²) in [4.78, 5) is 10.3. The zero-order valence-electron chi connectivity index (χ0n) is 10.2. The van der Waals surface area contributed by atoms with Crippen molar-refractivity contribution in [3.63, 3.8) is 0 Å². The molecule has 1 aromatic rings. The molecule has 0 saturated heterocycles. The lowest BCUT2D eigenvalue weighted by molar-refractivity contribution is 0.154. The van der Waals surface area contributed by atoms with Gasteiger partial charge in [0.1, 0.15) is 0 Å². The third-order valence-corrected chi connectivity index (χ3v) is 2.48. The standard InChI is InChI=1S/C11H20N4O2/c1-2-10-9(12)8-15(14-10)6-4-3-5-7-17-11(13)16/h8H,2-7,12H2,1H3,(H2,13,16). The van der Waals surface area contributed by atoms with E-state index in [9.17, 15) is 4.79 Å². The smallest absolute Gasteiger partial charge is 0.404 e. The van der Waals surface area contributed by atoms with Crippen molar-refractivity contribution < 1.29 is 9.53 Å². The maximum Gasteiger partial charge on any atom is 0.404 e. The van der Waals surface area contributed by atoms with Crippen LogP contribution >= 0.6 is 0 Å². The Labute approximate surface area is 101 Å². The second-order valence-corrected chi connectivity index (χ2v) is 3.88. The summed E-state index contributed by atoms with van der Waals surface area (Å²) in [5.41, 5.74) is 12.3. The molecule has 1 rings (SSSR count). The number of unbranched alkanes of at least 4 members (excludes halogenated alkanes) is 2. The van der Waals surface area contributed by atoms with Crippen molar-refractivity contribution in [2.45, 2.75) is 39.2 Å². The fourth-order valence-electron chi connectivity index (χ4n) is 1.59. The maximum atomic E-state index is 10.3. The Morgan fingerprint density at radius 1 is 1.47 bits per heavy atom. The highest BCUT2D eigenvalue weighted by atomic mass is 16.5. The van der Waals surface area contributed by atoms with Gasteiger partial charge in [-0.15, -0.1) is 0 Å². The molecule has 0 atom stereocenters. The summed E-state index contributed by atoms with van der Waals surface area (Å²) in [5, 5.41) is 4.36. The number of carbonyl (C=O) groups is 1. The molecule has 0 aliphatic rings. The number of hydrogen-bond acceptors (Lipinski definition) is 4. The molecule has 0 unspecified atom stereocenters. The summed E-state index contributed by atoms with van der Waals surface area (Å²) in [6, 6.07) is 0. The molecular formula is C11H20N4O2. The summed E-state index contributed by atoms with van der Waals surface area (Å²) in [6.45, 7) is 3.25. The minimum Gasteiger partial charge on any atom is -0.450 e. The van der Waals surface area contributed by atoms with E-state index in [1.807, 2.05) is 17.8 Å². The van der Waals surface area contributed by atoms with Crippen LogP contribution in [0.25, 0.3) is 0 Å². The van der Waals surface area contributed by atoms with Gasteiger partial charge in [0.25, 0.3) is 0 Å². The van der Waals surface area contributed by atoms with Gasteiger partial charge in [0.15, 0.2) is 0 Å². The van der Waals surface area contributed by atoms with Gasteiger partial charge in [0, 0.05) is 12.7 Å². The molecule has 96 valence electrons. The molecule has 6 nitrogen and oxygen atoms in total. The monoisotopic (exact) mass is 240 g/mol. The minimum atomic E-state index is -0.711. The van der Waals surface area contributed by atoms with E-state index in [0.29, 0.717) is 6.61 Å². The average Bonchev–Trinajstić information content (AvgIpc) is 2.63. The van der Waals surface area contributed by atoms with Gasteiger partial charge in [-0.05, 0) is 25.7 Å². The predicted molar refractivity (Wildman–Crippen MR) is 65.4 cm³/mol. The molecule has 0 aliphatic heterocycles. The van der Waals surface area contributed by atoms with E-state index in [4.69, 9.17) is 11.5 Å². The van der Waals surface area contributed by atoms with Crippen molar-refractivity contribution in [2.75, 3.05) is 12.3 Å². The highest BCUT2D eigenvalue weighted by Gasteiger charge is 2.03. The second kappa shape index (κ2) is 6.78. The molecule has 0 spiro atoms. The van der Waals surface area contributed by atoms with Crippen LogP contribution in [-0.4, -0.2) is 22.5 Å². The normalized spacial score (nSPS) is 10.4. The first-order valence-corrected chi connectivity index (χ1v) is 5.87. The van der Waals surface area contributed by atoms with Crippen molar-refractivity contribution in [1.82, 2.24) is 9.78 Å². The number of hydrogen-bond donors (Lipinski definition) is 2. The summed E-state index contributed by atoms with van der Waals surface area (Å²) < 4.78 is 6.50. The van der Waals surface area contributed by atoms with Crippen LogP contribution < -0.4 is 11.5 Å². The Hall–Kier alpha value is -1.72. The number of nitrogens with two attached hydrogens (primary N) is 2. The first kappa shape index (κ1) is 13.3. The molecule has 0 bridgehead atoms. The zero-order chi connectivity index (χ0) is 12.7. The van der Waals surface area contributed by atoms with E-state index in [0.717, 1.165) is 43.6 Å². The molecule has 1 amide bonds. The van der Waals surface area contributed by atoms with Crippen molar-refractivity contribution in [3.05, 3.63) is 11.9 Å². The number of nitrogens with zero attached hydrogens (tertiary/aromatic N) is 2. The zero-order valence-corrected chi connectivity index (χ0v) is 10.2. The number of nitrogen functional groups attached to an aromatic ring is 1. The van der Waals surface area contributed by atoms with Gasteiger partial charge in [0.05, 0.1) is 18.0 Å². The van der Waals surface area contributed by atoms with Crippen LogP contribution in [0.2, 0.25) is 0 Å². The van der Waals surface area contributed by atoms with Crippen molar-refractivity contribution in [3.8, 4) is 0 Å². The van der Waals surface area contributed by atoms with Crippen LogP contribution in [0.4, 0.5) is 10.5 Å². The lowest BCUT2D eigenvalue weighted by Crippen LogP contribution is -2.13. The van der Waals surface area contributed by atoms with E-state index in [1.54, 1.807) is 0 Å². The van der Waals surface area contributed by atoms with Crippen LogP contribution in [0.3, 0.4) is 0 Å². The molecule has 0 radical (unpaired) electrons. The number of rotatable bonds is 7. The third-order valence-electron chi connectivity index (χ3n) is 2.48. The lowest BCUT2D eigenvalue weighted by atomic mass is 10.2. The van der Waals surface area contributed by atoms with E-state index in [-0.39, 0.29) is 0 Å². The molecular weight excluding hydrogens is 220 g/mol. The molecule has 0 aromatic carbocycles. The molecule has 1 aromatic heterocycles. The van der Waals surface area contributed by atoms with Crippen LogP contribution in [0.5, 0.6) is 0 Å². The van der Waals surface area contributed by atoms with E-state index in [2.05, 4.69) is 9.84 Å². The first-order valence-electron chi connectivity index (χ1n) is 5.87. The Balaban J connectivity index is 2.15. The fraction of sp³-hybridized carbons (Fsp3) is 0.636. The van der Waals surface area contributed by atoms with Crippen LogP contribution in [0.1, 0.15) is 31.9 Å². The molecule has 4 N–H and O–H groups in total. The van der Waals surface area contributed by atoms with Crippen molar-refractivity contribution >= 4 is 11.8 Å². The van der Waals surface area contributed by atoms with E-state index in [1.165, 1.54) is 0 Å². The summed E-state index contributed by atoms with van der Waals surface area (Å²) in [6.07, 6.45) is 4.77. The molecule has 0 aliphatic carbocycles. The molecule has 1 heterocycles. The van der Waals surface area contributed by atoms with E-state index >= 15 is 0 Å². The first-order chi connectivity index (χ1) is 8.13. The van der Waals surface area contributed by atoms with Gasteiger partial charge < -0.3 is 16.2 Å². The van der Waals surface area contributed by atoms with Crippen LogP contribution in [0, 0.1) is 0 Å². The maximum absolute atomic E-state index is 10.3.